The Labute approximate surface area is 479 Å². The lowest BCUT2D eigenvalue weighted by Gasteiger charge is -2.39. The number of hydroxylamine groups is 2. The van der Waals surface area contributed by atoms with Crippen molar-refractivity contribution < 1.29 is 57.8 Å². The first-order chi connectivity index (χ1) is 38.5. The molecule has 0 bridgehead atoms. The average Bonchev–Trinajstić information content (AvgIpc) is 3.98. The Kier molecular flexibility index (Phi) is 26.9. The molecule has 1 aromatic heterocycles. The van der Waals surface area contributed by atoms with E-state index < -0.39 is 96.2 Å². The van der Waals surface area contributed by atoms with Crippen LogP contribution in [0.3, 0.4) is 0 Å². The van der Waals surface area contributed by atoms with Crippen LogP contribution in [0, 0.1) is 29.6 Å². The molecular formula is C58H82N10O12S. The molecule has 7 amide bonds. The van der Waals surface area contributed by atoms with Crippen LogP contribution in [-0.4, -0.2) is 143 Å². The van der Waals surface area contributed by atoms with Gasteiger partial charge in [0.25, 0.3) is 11.8 Å². The van der Waals surface area contributed by atoms with Crippen molar-refractivity contribution in [3.8, 4) is 12.3 Å². The molecule has 2 heterocycles. The quantitative estimate of drug-likeness (QED) is 0.0189. The molecule has 0 aliphatic carbocycles. The maximum absolute atomic E-state index is 14.9. The van der Waals surface area contributed by atoms with Gasteiger partial charge in [-0.25, -0.2) is 10.0 Å². The van der Waals surface area contributed by atoms with Crippen molar-refractivity contribution in [1.29, 1.82) is 0 Å². The number of likely N-dealkylation sites (N-methyl/N-ethyl adjacent to an activating group) is 1. The lowest BCUT2D eigenvalue weighted by molar-refractivity contribution is -0.213. The first kappa shape index (κ1) is 66.3. The first-order valence-corrected chi connectivity index (χ1v) is 28.4. The number of carboxylic acid groups (broad SMARTS) is 1. The Bertz CT molecular complexity index is 2640. The van der Waals surface area contributed by atoms with E-state index in [0.717, 1.165) is 36.3 Å². The number of thiazole rings is 1. The predicted octanol–water partition coefficient (Wildman–Crippen LogP) is 4.05. The molecule has 81 heavy (non-hydrogen) atoms. The van der Waals surface area contributed by atoms with Crippen molar-refractivity contribution in [1.82, 2.24) is 41.5 Å². The lowest BCUT2D eigenvalue weighted by atomic mass is 9.84. The van der Waals surface area contributed by atoms with E-state index in [-0.39, 0.29) is 73.3 Å². The van der Waals surface area contributed by atoms with Crippen LogP contribution in [0.2, 0.25) is 0 Å². The van der Waals surface area contributed by atoms with Gasteiger partial charge in [-0.15, -0.1) is 23.7 Å². The smallest absolute Gasteiger partial charge is 0.309 e. The van der Waals surface area contributed by atoms with Crippen molar-refractivity contribution in [2.75, 3.05) is 45.2 Å². The fourth-order valence-corrected chi connectivity index (χ4v) is 9.97. The first-order valence-electron chi connectivity index (χ1n) is 27.5. The van der Waals surface area contributed by atoms with Gasteiger partial charge in [0.05, 0.1) is 43.7 Å². The van der Waals surface area contributed by atoms with E-state index in [0.29, 0.717) is 36.9 Å². The molecule has 23 heteroatoms. The lowest BCUT2D eigenvalue weighted by Crippen LogP contribution is -2.58. The van der Waals surface area contributed by atoms with Gasteiger partial charge in [0.1, 0.15) is 22.8 Å². The van der Waals surface area contributed by atoms with Crippen molar-refractivity contribution in [2.24, 2.45) is 23.0 Å². The van der Waals surface area contributed by atoms with Gasteiger partial charge in [-0.1, -0.05) is 83.0 Å². The normalized spacial score (nSPS) is 15.7. The third kappa shape index (κ3) is 21.6. The molecule has 1 aliphatic rings. The Hall–Kier alpha value is -7.26. The molecule has 3 aromatic rings. The summed E-state index contributed by atoms with van der Waals surface area (Å²) in [6, 6.07) is 11.7. The Balaban J connectivity index is 1.51. The minimum Gasteiger partial charge on any atom is -0.481 e. The molecule has 1 aliphatic heterocycles. The van der Waals surface area contributed by atoms with Gasteiger partial charge in [0.15, 0.2) is 6.10 Å². The van der Waals surface area contributed by atoms with Crippen molar-refractivity contribution in [2.45, 2.75) is 149 Å². The zero-order valence-corrected chi connectivity index (χ0v) is 48.7. The molecular weight excluding hydrogens is 1060 g/mol. The van der Waals surface area contributed by atoms with Crippen molar-refractivity contribution in [3.63, 3.8) is 0 Å². The number of carbonyl (C=O) groups excluding carboxylic acids is 8. The highest BCUT2D eigenvalue weighted by Gasteiger charge is 2.40. The summed E-state index contributed by atoms with van der Waals surface area (Å²) in [7, 11) is 1.90. The fraction of sp³-hybridized carbons (Fsp3) is 0.552. The molecule has 4 rings (SSSR count). The number of hydrogen-bond acceptors (Lipinski definition) is 15. The number of nitrogens with zero attached hydrogens (tertiary/aromatic N) is 3. The van der Waals surface area contributed by atoms with E-state index in [4.69, 9.17) is 21.7 Å². The highest BCUT2D eigenvalue weighted by molar-refractivity contribution is 7.09. The van der Waals surface area contributed by atoms with E-state index in [1.54, 1.807) is 68.4 Å². The Morgan fingerprint density at radius 1 is 0.914 bits per heavy atom. The number of hydrogen-bond donors (Lipinski definition) is 8. The van der Waals surface area contributed by atoms with Gasteiger partial charge in [0, 0.05) is 43.3 Å². The molecule has 1 fully saturated rings. The number of aromatic nitrogens is 1. The molecule has 7 atom stereocenters. The number of carboxylic acids is 1. The van der Waals surface area contributed by atoms with Gasteiger partial charge in [-0.3, -0.25) is 52.9 Å². The Morgan fingerprint density at radius 3 is 2.21 bits per heavy atom. The summed E-state index contributed by atoms with van der Waals surface area (Å²) in [4.78, 5) is 131. The number of piperidine rings is 1. The number of ether oxygens (including phenoxy) is 1. The number of carbonyl (C=O) groups is 9. The fourth-order valence-electron chi connectivity index (χ4n) is 9.13. The molecule has 0 radical (unpaired) electrons. The maximum atomic E-state index is 14.9. The second-order valence-corrected chi connectivity index (χ2v) is 22.3. The number of nitrogens with one attached hydrogen (secondary N) is 6. The van der Waals surface area contributed by atoms with Gasteiger partial charge in [-0.05, 0) is 94.6 Å². The van der Waals surface area contributed by atoms with E-state index >= 15 is 0 Å². The van der Waals surface area contributed by atoms with Crippen molar-refractivity contribution >= 4 is 70.3 Å². The number of benzene rings is 2. The van der Waals surface area contributed by atoms with Crippen LogP contribution in [0.5, 0.6) is 0 Å². The topological polar surface area (TPSA) is 310 Å². The zero-order valence-electron chi connectivity index (χ0n) is 47.8. The average molecular weight is 1140 g/mol. The van der Waals surface area contributed by atoms with E-state index in [2.05, 4.69) is 42.8 Å². The molecule has 0 saturated carbocycles. The highest BCUT2D eigenvalue weighted by Crippen LogP contribution is 2.33. The minimum absolute atomic E-state index is 0.00408. The molecule has 0 unspecified atom stereocenters. The summed E-state index contributed by atoms with van der Waals surface area (Å²) in [5.41, 5.74) is 5.80. The van der Waals surface area contributed by atoms with Crippen molar-refractivity contribution in [3.05, 3.63) is 81.8 Å². The Morgan fingerprint density at radius 2 is 1.59 bits per heavy atom. The summed E-state index contributed by atoms with van der Waals surface area (Å²) in [6.45, 7) is 11.7. The van der Waals surface area contributed by atoms with Crippen LogP contribution in [0.4, 0.5) is 5.69 Å². The third-order valence-electron chi connectivity index (χ3n) is 14.0. The molecule has 2 aromatic carbocycles. The number of amides is 7. The second-order valence-electron chi connectivity index (χ2n) is 21.4. The molecule has 442 valence electrons. The van der Waals surface area contributed by atoms with E-state index in [1.807, 2.05) is 39.6 Å². The van der Waals surface area contributed by atoms with Crippen LogP contribution < -0.4 is 37.6 Å². The van der Waals surface area contributed by atoms with E-state index in [1.165, 1.54) is 17.4 Å². The number of rotatable bonds is 32. The summed E-state index contributed by atoms with van der Waals surface area (Å²) in [6.07, 6.45) is 8.73. The van der Waals surface area contributed by atoms with Crippen LogP contribution in [-0.2, 0) is 60.8 Å². The summed E-state index contributed by atoms with van der Waals surface area (Å²) < 4.78 is 5.88. The van der Waals surface area contributed by atoms with Gasteiger partial charge in [0.2, 0.25) is 29.5 Å². The largest absolute Gasteiger partial charge is 0.481 e. The molecule has 1 saturated heterocycles. The van der Waals surface area contributed by atoms with Crippen LogP contribution >= 0.6 is 11.3 Å². The molecule has 22 nitrogen and oxygen atoms in total. The standard InChI is InChI=1S/C58H82N10O12S/c1-10-12-18-27-79-68(56(76)51(37(5)11-2)66-54(75)45-21-16-17-26-67(45)9)46(36(3)4)30-47(80-38(6)69)55-65-44(35-81-55)53(74)63-42(31-58(7,8)57(77)78)28-40-22-24-41(25-23-40)62-49(71)34-61-52(73)43(29-39-19-14-13-15-20-39)64-50(72)33-60-48(70)32-59/h1,13-15,19-20,22-25,35-37,42-43,45-47,51H,11-12,16-18,21,26-34,59H2,2-9H3,(H,60,70)(H,61,73)(H,62,71)(H,63,74)(H,64,72)(H,66,75)(H,77,78)/t37-,42-,43-,45+,46+,47+,51-/m0/s1. The number of esters is 1. The van der Waals surface area contributed by atoms with Gasteiger partial charge in [-0.2, -0.15) is 0 Å². The number of aliphatic carboxylic acids is 1. The zero-order chi connectivity index (χ0) is 59.8. The summed E-state index contributed by atoms with van der Waals surface area (Å²) in [5.74, 6) is -3.40. The third-order valence-corrected chi connectivity index (χ3v) is 14.9. The number of nitrogens with two attached hydrogens (primary N) is 1. The predicted molar refractivity (Wildman–Crippen MR) is 306 cm³/mol. The number of likely N-dealkylation sites (tertiary alicyclic amines) is 1. The second kappa shape index (κ2) is 32.9. The summed E-state index contributed by atoms with van der Waals surface area (Å²) in [5, 5.41) is 29.4. The van der Waals surface area contributed by atoms with Crippen LogP contribution in [0.15, 0.2) is 60.0 Å². The van der Waals surface area contributed by atoms with Gasteiger partial charge >= 0.3 is 11.9 Å². The highest BCUT2D eigenvalue weighted by atomic mass is 32.1. The SMILES string of the molecule is C#CCCCON(C(=O)[C@@H](NC(=O)[C@H]1CCCCN1C)[C@@H](C)CC)[C@H](C[C@@H](OC(C)=O)c1nc(C(=O)N[C@@H](Cc2ccc(NC(=O)CNC(=O)[C@H](Cc3ccccc3)NC(=O)CNC(=O)CN)cc2)CC(C)(C)C(=O)O)cs1)C(C)C. The van der Waals surface area contributed by atoms with Crippen LogP contribution in [0.25, 0.3) is 0 Å². The maximum Gasteiger partial charge on any atom is 0.309 e. The molecule has 0 spiro atoms. The summed E-state index contributed by atoms with van der Waals surface area (Å²) >= 11 is 1.07. The minimum atomic E-state index is -1.28. The van der Waals surface area contributed by atoms with E-state index in [9.17, 15) is 48.3 Å². The number of anilines is 1. The van der Waals surface area contributed by atoms with Crippen LogP contribution in [0.1, 0.15) is 133 Å². The van der Waals surface area contributed by atoms with Gasteiger partial charge < -0.3 is 47.5 Å². The number of unbranched alkanes of at least 4 members (excludes halogenated alkanes) is 1. The number of terminal acetylenes is 1. The monoisotopic (exact) mass is 1140 g/mol. The molecule has 9 N–H and O–H groups in total.